The van der Waals surface area contributed by atoms with Crippen molar-refractivity contribution in [1.82, 2.24) is 30.2 Å². The zero-order valence-electron chi connectivity index (χ0n) is 33.9. The minimum atomic E-state index is -4.02. The molecule has 61 heavy (non-hydrogen) atoms. The number of hydrogen-bond donors (Lipinski definition) is 3. The van der Waals surface area contributed by atoms with Crippen LogP contribution in [0, 0.1) is 5.92 Å². The van der Waals surface area contributed by atoms with Gasteiger partial charge in [0.15, 0.2) is 5.82 Å². The monoisotopic (exact) mass is 872 g/mol. The molecular weight excluding hydrogens is 824 g/mol. The molecule has 3 aliphatic carbocycles. The van der Waals surface area contributed by atoms with Gasteiger partial charge in [-0.1, -0.05) is 48.7 Å². The number of nitrogens with one attached hydrogen (secondary N) is 3. The third kappa shape index (κ3) is 8.28. The summed E-state index contributed by atoms with van der Waals surface area (Å²) in [6.45, 7) is 1.51. The fourth-order valence-electron chi connectivity index (χ4n) is 8.81. The van der Waals surface area contributed by atoms with Gasteiger partial charge in [-0.05, 0) is 108 Å². The van der Waals surface area contributed by atoms with Gasteiger partial charge in [0.2, 0.25) is 27.4 Å². The molecule has 2 aromatic carbocycles. The van der Waals surface area contributed by atoms with Crippen LogP contribution < -0.4 is 20.1 Å². The molecule has 3 saturated carbocycles. The van der Waals surface area contributed by atoms with Crippen molar-refractivity contribution < 1.29 is 41.5 Å². The van der Waals surface area contributed by atoms with E-state index >= 15 is 0 Å². The average Bonchev–Trinajstić information content (AvgIpc) is 3.89. The van der Waals surface area contributed by atoms with Gasteiger partial charge >= 0.3 is 6.09 Å². The van der Waals surface area contributed by atoms with Crippen LogP contribution in [-0.4, -0.2) is 88.2 Å². The van der Waals surface area contributed by atoms with Crippen molar-refractivity contribution in [2.75, 3.05) is 6.54 Å². The van der Waals surface area contributed by atoms with Crippen LogP contribution in [0.4, 0.5) is 4.79 Å². The molecule has 2 aromatic heterocycles. The molecule has 5 atom stereocenters. The number of sulfonamides is 1. The number of rotatable bonds is 8. The normalized spacial score (nSPS) is 27.3. The Labute approximate surface area is 358 Å². The molecule has 5 aliphatic rings. The summed E-state index contributed by atoms with van der Waals surface area (Å²) in [6.07, 6.45) is 9.67. The molecule has 9 rings (SSSR count). The van der Waals surface area contributed by atoms with Crippen LogP contribution in [0.15, 0.2) is 65.1 Å². The van der Waals surface area contributed by atoms with E-state index in [2.05, 4.69) is 15.4 Å². The van der Waals surface area contributed by atoms with Crippen molar-refractivity contribution in [3.05, 3.63) is 65.7 Å². The van der Waals surface area contributed by atoms with Crippen LogP contribution in [-0.2, 0) is 29.1 Å². The van der Waals surface area contributed by atoms with Crippen molar-refractivity contribution in [2.24, 2.45) is 5.92 Å². The number of carbonyl (C=O) groups excluding carboxylic acids is 4. The van der Waals surface area contributed by atoms with E-state index in [4.69, 9.17) is 35.5 Å². The summed E-state index contributed by atoms with van der Waals surface area (Å²) in [5.74, 6) is -1.99. The molecule has 2 aliphatic heterocycles. The van der Waals surface area contributed by atoms with Gasteiger partial charge in [-0.2, -0.15) is 4.98 Å². The Kier molecular flexibility index (Phi) is 11.0. The van der Waals surface area contributed by atoms with E-state index in [1.54, 1.807) is 31.2 Å². The van der Waals surface area contributed by atoms with E-state index in [1.165, 1.54) is 4.90 Å². The molecule has 0 radical (unpaired) electrons. The molecule has 17 heteroatoms. The first-order valence-electron chi connectivity index (χ1n) is 21.3. The topological polar surface area (TPSA) is 199 Å². The van der Waals surface area contributed by atoms with E-state index in [1.807, 2.05) is 36.4 Å². The standard InChI is InChI=1S/C44H49ClN6O9S/c1-43(21-22-43)61(56,57)50-41(54)44-24-27(44)11-5-3-2-4-6-15-32(46-42(55)59-29-12-7-8-13-29)40(53)51-25-30(23-33(51)38(52)49-44)58-39-36-35(31-14-9-10-16-34(31)60-36)47-37(48-39)26-17-19-28(45)20-18-26/h5,9-11,14,16-20,27,29-30,32-33H,2-4,6-8,12-13,15,21-25H2,1H3,(H,46,55)(H,49,52)(H,50,54)/b11-5-/t27-,30-,32+,33+,44-/m1/s1. The van der Waals surface area contributed by atoms with Crippen LogP contribution in [0.2, 0.25) is 5.02 Å². The lowest BCUT2D eigenvalue weighted by Gasteiger charge is -2.30. The van der Waals surface area contributed by atoms with Gasteiger partial charge in [-0.15, -0.1) is 0 Å². The maximum Gasteiger partial charge on any atom is 0.408 e. The minimum Gasteiger partial charge on any atom is -0.470 e. The maximum atomic E-state index is 14.8. The summed E-state index contributed by atoms with van der Waals surface area (Å²) in [6, 6.07) is 12.3. The highest BCUT2D eigenvalue weighted by Crippen LogP contribution is 2.48. The van der Waals surface area contributed by atoms with Crippen molar-refractivity contribution >= 4 is 67.5 Å². The average molecular weight is 873 g/mol. The second-order valence-electron chi connectivity index (χ2n) is 17.3. The Morgan fingerprint density at radius 1 is 0.967 bits per heavy atom. The van der Waals surface area contributed by atoms with Gasteiger partial charge in [-0.25, -0.2) is 18.2 Å². The van der Waals surface area contributed by atoms with Crippen LogP contribution in [0.25, 0.3) is 33.5 Å². The smallest absolute Gasteiger partial charge is 0.408 e. The number of ether oxygens (including phenoxy) is 2. The molecule has 3 N–H and O–H groups in total. The molecule has 15 nitrogen and oxygen atoms in total. The SMILES string of the molecule is CC1(S(=O)(=O)NC(=O)[C@@]23C[C@H]2/C=C\CCCCC[C@H](NC(=O)OC2CCCC2)C(=O)N2C[C@H](Oc4nc(-c5ccc(Cl)cc5)nc5c4oc4ccccc45)C[C@H]2C(=O)N3)CC1. The lowest BCUT2D eigenvalue weighted by Crippen LogP contribution is -2.58. The van der Waals surface area contributed by atoms with Crippen molar-refractivity contribution in [1.29, 1.82) is 0 Å². The summed E-state index contributed by atoms with van der Waals surface area (Å²) in [7, 11) is -4.02. The first kappa shape index (κ1) is 41.1. The van der Waals surface area contributed by atoms with Crippen LogP contribution >= 0.6 is 11.6 Å². The third-order valence-electron chi connectivity index (χ3n) is 12.9. The van der Waals surface area contributed by atoms with Gasteiger partial charge in [0, 0.05) is 28.3 Å². The molecular formula is C44H49ClN6O9S. The summed E-state index contributed by atoms with van der Waals surface area (Å²) in [4.78, 5) is 67.7. The molecule has 4 fully saturated rings. The third-order valence-corrected chi connectivity index (χ3v) is 15.3. The molecule has 1 saturated heterocycles. The Balaban J connectivity index is 1.05. The summed E-state index contributed by atoms with van der Waals surface area (Å²) in [5, 5.41) is 7.01. The number of hydrogen-bond acceptors (Lipinski definition) is 11. The number of fused-ring (bicyclic) bond motifs is 5. The molecule has 4 amide bonds. The molecule has 4 aromatic rings. The number of benzene rings is 2. The number of halogens is 1. The quantitative estimate of drug-likeness (QED) is 0.164. The molecule has 0 unspecified atom stereocenters. The number of furan rings is 1. The van der Waals surface area contributed by atoms with Gasteiger partial charge < -0.3 is 29.4 Å². The summed E-state index contributed by atoms with van der Waals surface area (Å²) < 4.78 is 46.4. The summed E-state index contributed by atoms with van der Waals surface area (Å²) >= 11 is 6.20. The lowest BCUT2D eigenvalue weighted by atomic mass is 10.0. The number of alkyl carbamates (subject to hydrolysis) is 1. The van der Waals surface area contributed by atoms with E-state index < -0.39 is 68.2 Å². The summed E-state index contributed by atoms with van der Waals surface area (Å²) in [5.41, 5.74) is 0.465. The van der Waals surface area contributed by atoms with Gasteiger partial charge in [0.1, 0.15) is 40.9 Å². The Bertz CT molecular complexity index is 2520. The Morgan fingerprint density at radius 3 is 2.49 bits per heavy atom. The molecule has 0 bridgehead atoms. The molecule has 0 spiro atoms. The van der Waals surface area contributed by atoms with E-state index in [-0.39, 0.29) is 37.0 Å². The predicted octanol–water partition coefficient (Wildman–Crippen LogP) is 6.48. The van der Waals surface area contributed by atoms with E-state index in [0.717, 1.165) is 43.9 Å². The zero-order valence-corrected chi connectivity index (χ0v) is 35.4. The van der Waals surface area contributed by atoms with Crippen LogP contribution in [0.1, 0.15) is 90.4 Å². The second kappa shape index (κ2) is 16.2. The lowest BCUT2D eigenvalue weighted by molar-refractivity contribution is -0.141. The number of amides is 4. The largest absolute Gasteiger partial charge is 0.470 e. The number of aromatic nitrogens is 2. The molecule has 322 valence electrons. The Morgan fingerprint density at radius 2 is 1.72 bits per heavy atom. The first-order chi connectivity index (χ1) is 29.3. The van der Waals surface area contributed by atoms with Crippen molar-refractivity contribution in [3.8, 4) is 17.3 Å². The van der Waals surface area contributed by atoms with E-state index in [9.17, 15) is 27.6 Å². The number of carbonyl (C=O) groups is 4. The zero-order chi connectivity index (χ0) is 42.5. The van der Waals surface area contributed by atoms with Gasteiger partial charge in [0.05, 0.1) is 11.3 Å². The second-order valence-corrected chi connectivity index (χ2v) is 20.0. The van der Waals surface area contributed by atoms with Gasteiger partial charge in [0.25, 0.3) is 11.8 Å². The van der Waals surface area contributed by atoms with Crippen molar-refractivity contribution in [2.45, 2.75) is 125 Å². The number of allylic oxidation sites excluding steroid dienone is 1. The molecule has 4 heterocycles. The number of para-hydroxylation sites is 1. The minimum absolute atomic E-state index is 0.0204. The highest BCUT2D eigenvalue weighted by molar-refractivity contribution is 7.91. The fraction of sp³-hybridized carbons (Fsp3) is 0.500. The predicted molar refractivity (Wildman–Crippen MR) is 226 cm³/mol. The highest BCUT2D eigenvalue weighted by Gasteiger charge is 2.63. The Hall–Kier alpha value is -5.22. The van der Waals surface area contributed by atoms with Crippen molar-refractivity contribution in [3.63, 3.8) is 0 Å². The number of nitrogens with zero attached hydrogens (tertiary/aromatic N) is 3. The highest BCUT2D eigenvalue weighted by atomic mass is 35.5. The van der Waals surface area contributed by atoms with E-state index in [0.29, 0.717) is 59.6 Å². The van der Waals surface area contributed by atoms with Crippen LogP contribution in [0.3, 0.4) is 0 Å². The maximum absolute atomic E-state index is 14.8. The fourth-order valence-corrected chi connectivity index (χ4v) is 10.2. The first-order valence-corrected chi connectivity index (χ1v) is 23.1. The van der Waals surface area contributed by atoms with Gasteiger partial charge in [-0.3, -0.25) is 19.1 Å². The van der Waals surface area contributed by atoms with Crippen LogP contribution in [0.5, 0.6) is 5.88 Å².